The monoisotopic (exact) mass is 629 g/mol. The quantitative estimate of drug-likeness (QED) is 0.391. The van der Waals surface area contributed by atoms with Crippen LogP contribution in [0.4, 0.5) is 11.4 Å². The summed E-state index contributed by atoms with van der Waals surface area (Å²) < 4.78 is 6.06. The van der Waals surface area contributed by atoms with Gasteiger partial charge in [-0.1, -0.05) is 20.8 Å². The molecule has 11 heteroatoms. The number of aliphatic carboxylic acids is 1. The number of amidine groups is 1. The number of Topliss-reactive ketones (excluding diaryl/α,β-unsaturated/α-hetero) is 1. The maximum atomic E-state index is 13.8. The van der Waals surface area contributed by atoms with Gasteiger partial charge in [0.25, 0.3) is 5.91 Å². The summed E-state index contributed by atoms with van der Waals surface area (Å²) in [6.07, 6.45) is 0. The van der Waals surface area contributed by atoms with Crippen molar-refractivity contribution in [3.8, 4) is 5.75 Å². The number of halogens is 1. The number of hydrogen-bond acceptors (Lipinski definition) is 7. The van der Waals surface area contributed by atoms with Gasteiger partial charge in [-0.05, 0) is 49.1 Å². The molecule has 0 fully saturated rings. The molecule has 10 nitrogen and oxygen atoms in total. The Labute approximate surface area is 251 Å². The zero-order valence-corrected chi connectivity index (χ0v) is 26.7. The van der Waals surface area contributed by atoms with E-state index in [4.69, 9.17) is 10.1 Å². The average Bonchev–Trinajstić information content (AvgIpc) is 3.19. The molecule has 0 radical (unpaired) electrons. The molecule has 0 saturated heterocycles. The number of benzene rings is 2. The van der Waals surface area contributed by atoms with Gasteiger partial charge >= 0.3 is 5.97 Å². The minimum absolute atomic E-state index is 0. The first-order chi connectivity index (χ1) is 18.6. The number of nitrogens with zero attached hydrogens (tertiary/aromatic N) is 3. The molecule has 41 heavy (non-hydrogen) atoms. The van der Waals surface area contributed by atoms with Crippen LogP contribution < -0.4 is 19.9 Å². The molecule has 0 unspecified atom stereocenters. The summed E-state index contributed by atoms with van der Waals surface area (Å²) >= 11 is 0. The van der Waals surface area contributed by atoms with E-state index in [0.29, 0.717) is 47.8 Å². The number of ether oxygens (including phenoxy) is 1. The number of fused-ring (bicyclic) bond motifs is 2. The van der Waals surface area contributed by atoms with Crippen LogP contribution in [0.5, 0.6) is 5.75 Å². The lowest BCUT2D eigenvalue weighted by molar-refractivity contribution is -0.142. The smallest absolute Gasteiger partial charge is 0.328 e. The first-order valence-corrected chi connectivity index (χ1v) is 13.3. The van der Waals surface area contributed by atoms with Crippen LogP contribution in [0.25, 0.3) is 0 Å². The fraction of sp³-hybridized carbons (Fsp3) is 0.467. The Morgan fingerprint density at radius 2 is 1.76 bits per heavy atom. The van der Waals surface area contributed by atoms with E-state index in [1.54, 1.807) is 42.8 Å². The second-order valence-corrected chi connectivity index (χ2v) is 12.1. The first kappa shape index (κ1) is 31.9. The summed E-state index contributed by atoms with van der Waals surface area (Å²) in [5, 5.41) is 21.4. The minimum Gasteiger partial charge on any atom is -0.489 e. The van der Waals surface area contributed by atoms with Crippen molar-refractivity contribution in [1.82, 2.24) is 10.2 Å². The van der Waals surface area contributed by atoms with Gasteiger partial charge in [-0.15, -0.1) is 17.0 Å². The van der Waals surface area contributed by atoms with Crippen molar-refractivity contribution in [2.75, 3.05) is 50.6 Å². The van der Waals surface area contributed by atoms with E-state index in [1.807, 2.05) is 51.9 Å². The highest BCUT2D eigenvalue weighted by Crippen LogP contribution is 2.44. The van der Waals surface area contributed by atoms with E-state index in [9.17, 15) is 19.5 Å². The molecular weight excluding hydrogens is 590 g/mol. The third kappa shape index (κ3) is 5.77. The van der Waals surface area contributed by atoms with Crippen molar-refractivity contribution in [3.05, 3.63) is 52.1 Å². The summed E-state index contributed by atoms with van der Waals surface area (Å²) in [4.78, 5) is 43.8. The van der Waals surface area contributed by atoms with Crippen molar-refractivity contribution >= 4 is 51.9 Å². The summed E-state index contributed by atoms with van der Waals surface area (Å²) in [5.41, 5.74) is 2.97. The standard InChI is InChI=1S/C30H39N5O5.BrH/c1-29(2,3)21-11-17(12-23-25(21)40-10-9-35(23)30(4,5)28(38)39)24(36)16-34-15-18-13-22(33(7)8)20(27(37)32-6)14-19(18)26(34)31;/h11-14,31H,9-10,15-16H2,1-8H3,(H,32,37)(H,38,39);1H. The topological polar surface area (TPSA) is 126 Å². The summed E-state index contributed by atoms with van der Waals surface area (Å²) in [6.45, 7) is 10.4. The number of rotatable bonds is 7. The maximum Gasteiger partial charge on any atom is 0.328 e. The van der Waals surface area contributed by atoms with Crippen LogP contribution in [-0.2, 0) is 16.8 Å². The molecule has 3 N–H and O–H groups in total. The van der Waals surface area contributed by atoms with Crippen molar-refractivity contribution < 1.29 is 24.2 Å². The minimum atomic E-state index is -1.21. The first-order valence-electron chi connectivity index (χ1n) is 13.3. The van der Waals surface area contributed by atoms with Gasteiger partial charge in [-0.3, -0.25) is 15.0 Å². The SMILES string of the molecule is Br.CNC(=O)c1cc2c(cc1N(C)C)CN(CC(=O)c1cc3c(c(C(C)(C)C)c1)OCCN3C(C)(C)C(=O)O)C2=N. The van der Waals surface area contributed by atoms with Gasteiger partial charge in [0.05, 0.1) is 24.3 Å². The van der Waals surface area contributed by atoms with Crippen molar-refractivity contribution in [2.45, 2.75) is 52.1 Å². The Kier molecular flexibility index (Phi) is 8.84. The number of carbonyl (C=O) groups excluding carboxylic acids is 2. The molecule has 2 aromatic rings. The average molecular weight is 631 g/mol. The van der Waals surface area contributed by atoms with Crippen LogP contribution in [0.1, 0.15) is 72.0 Å². The lowest BCUT2D eigenvalue weighted by atomic mass is 9.83. The van der Waals surface area contributed by atoms with Gasteiger partial charge < -0.3 is 29.9 Å². The fourth-order valence-electron chi connectivity index (χ4n) is 5.26. The summed E-state index contributed by atoms with van der Waals surface area (Å²) in [7, 11) is 5.29. The Balaban J connectivity index is 0.00000462. The Bertz CT molecular complexity index is 1410. The number of carbonyl (C=O) groups is 3. The molecule has 2 aliphatic rings. The predicted octanol–water partition coefficient (Wildman–Crippen LogP) is 4.07. The number of carboxylic acid groups (broad SMARTS) is 1. The van der Waals surface area contributed by atoms with E-state index in [2.05, 4.69) is 5.32 Å². The molecule has 0 atom stereocenters. The van der Waals surface area contributed by atoms with Crippen LogP contribution in [0.15, 0.2) is 24.3 Å². The maximum absolute atomic E-state index is 13.8. The zero-order chi connectivity index (χ0) is 29.7. The second kappa shape index (κ2) is 11.3. The number of nitrogens with one attached hydrogen (secondary N) is 2. The molecule has 222 valence electrons. The number of ketones is 1. The normalized spacial score (nSPS) is 14.5. The summed E-state index contributed by atoms with van der Waals surface area (Å²) in [5.74, 6) is -0.614. The van der Waals surface area contributed by atoms with Gasteiger partial charge in [0.1, 0.15) is 23.7 Å². The van der Waals surface area contributed by atoms with Crippen molar-refractivity contribution in [1.29, 1.82) is 5.41 Å². The van der Waals surface area contributed by atoms with Crippen LogP contribution >= 0.6 is 17.0 Å². The van der Waals surface area contributed by atoms with Gasteiger partial charge in [0, 0.05) is 50.1 Å². The molecule has 2 aromatic carbocycles. The lowest BCUT2D eigenvalue weighted by Gasteiger charge is -2.42. The van der Waals surface area contributed by atoms with Gasteiger partial charge in [-0.2, -0.15) is 0 Å². The Morgan fingerprint density at radius 1 is 1.10 bits per heavy atom. The van der Waals surface area contributed by atoms with E-state index in [1.165, 1.54) is 0 Å². The number of carboxylic acids is 1. The zero-order valence-electron chi connectivity index (χ0n) is 25.0. The Morgan fingerprint density at radius 3 is 2.32 bits per heavy atom. The number of anilines is 2. The van der Waals surface area contributed by atoms with E-state index in [-0.39, 0.29) is 46.5 Å². The molecule has 4 rings (SSSR count). The van der Waals surface area contributed by atoms with E-state index in [0.717, 1.165) is 16.8 Å². The van der Waals surface area contributed by atoms with E-state index < -0.39 is 11.5 Å². The Hall–Kier alpha value is -3.60. The van der Waals surface area contributed by atoms with Gasteiger partial charge in [0.15, 0.2) is 5.78 Å². The fourth-order valence-corrected chi connectivity index (χ4v) is 5.26. The molecule has 0 saturated carbocycles. The van der Waals surface area contributed by atoms with E-state index >= 15 is 0 Å². The third-order valence-electron chi connectivity index (χ3n) is 7.69. The predicted molar refractivity (Wildman–Crippen MR) is 166 cm³/mol. The highest BCUT2D eigenvalue weighted by molar-refractivity contribution is 8.93. The van der Waals surface area contributed by atoms with Crippen LogP contribution in [0.3, 0.4) is 0 Å². The highest BCUT2D eigenvalue weighted by atomic mass is 79.9. The molecule has 1 amide bonds. The third-order valence-corrected chi connectivity index (χ3v) is 7.69. The molecule has 0 bridgehead atoms. The molecule has 0 spiro atoms. The molecule has 0 aliphatic carbocycles. The molecule has 2 heterocycles. The number of hydrogen-bond donors (Lipinski definition) is 3. The molecular formula is C30H40BrN5O5. The summed E-state index contributed by atoms with van der Waals surface area (Å²) in [6, 6.07) is 7.17. The molecule has 2 aliphatic heterocycles. The number of amides is 1. The largest absolute Gasteiger partial charge is 0.489 e. The highest BCUT2D eigenvalue weighted by Gasteiger charge is 2.40. The lowest BCUT2D eigenvalue weighted by Crippen LogP contribution is -2.53. The van der Waals surface area contributed by atoms with Gasteiger partial charge in [-0.25, -0.2) is 4.79 Å². The second-order valence-electron chi connectivity index (χ2n) is 12.1. The van der Waals surface area contributed by atoms with Crippen molar-refractivity contribution in [3.63, 3.8) is 0 Å². The van der Waals surface area contributed by atoms with Crippen LogP contribution in [-0.4, -0.2) is 79.9 Å². The van der Waals surface area contributed by atoms with Crippen molar-refractivity contribution in [2.24, 2.45) is 0 Å². The molecule has 0 aromatic heterocycles. The van der Waals surface area contributed by atoms with Crippen LogP contribution in [0, 0.1) is 5.41 Å². The van der Waals surface area contributed by atoms with Gasteiger partial charge in [0.2, 0.25) is 0 Å². The van der Waals surface area contributed by atoms with Crippen LogP contribution in [0.2, 0.25) is 0 Å².